The van der Waals surface area contributed by atoms with Gasteiger partial charge in [-0.2, -0.15) is 0 Å². The minimum absolute atomic E-state index is 0.139. The van der Waals surface area contributed by atoms with Crippen molar-refractivity contribution >= 4 is 17.7 Å². The van der Waals surface area contributed by atoms with Crippen LogP contribution in [0, 0.1) is 0 Å². The molecule has 1 amide bonds. The van der Waals surface area contributed by atoms with E-state index < -0.39 is 5.97 Å². The molecule has 2 heterocycles. The van der Waals surface area contributed by atoms with Gasteiger partial charge in [-0.1, -0.05) is 18.2 Å². The Kier molecular flexibility index (Phi) is 6.25. The van der Waals surface area contributed by atoms with Gasteiger partial charge in [-0.3, -0.25) is 4.79 Å². The zero-order valence-electron chi connectivity index (χ0n) is 15.1. The summed E-state index contributed by atoms with van der Waals surface area (Å²) in [4.78, 5) is 31.4. The quantitative estimate of drug-likeness (QED) is 0.754. The van der Waals surface area contributed by atoms with Crippen LogP contribution in [0.15, 0.2) is 48.7 Å². The summed E-state index contributed by atoms with van der Waals surface area (Å²) in [5.74, 6) is 0.713. The van der Waals surface area contributed by atoms with Crippen molar-refractivity contribution < 1.29 is 19.4 Å². The zero-order chi connectivity index (χ0) is 19.1. The number of nitrogens with zero attached hydrogens (tertiary/aromatic N) is 3. The lowest BCUT2D eigenvalue weighted by Gasteiger charge is -2.35. The number of ether oxygens (including phenoxy) is 1. The van der Waals surface area contributed by atoms with Crippen LogP contribution in [0.1, 0.15) is 23.2 Å². The number of carbonyl (C=O) groups excluding carboxylic acids is 1. The van der Waals surface area contributed by atoms with Crippen molar-refractivity contribution in [2.45, 2.75) is 12.8 Å². The number of carboxylic acid groups (broad SMARTS) is 1. The van der Waals surface area contributed by atoms with Crippen molar-refractivity contribution in [2.24, 2.45) is 0 Å². The minimum Gasteiger partial charge on any atom is -0.494 e. The summed E-state index contributed by atoms with van der Waals surface area (Å²) in [7, 11) is 0. The highest BCUT2D eigenvalue weighted by Crippen LogP contribution is 2.15. The molecular formula is C20H23N3O4. The lowest BCUT2D eigenvalue weighted by molar-refractivity contribution is -0.131. The topological polar surface area (TPSA) is 83.0 Å². The summed E-state index contributed by atoms with van der Waals surface area (Å²) in [6, 6.07) is 12.8. The second-order valence-corrected chi connectivity index (χ2v) is 6.34. The summed E-state index contributed by atoms with van der Waals surface area (Å²) in [5.41, 5.74) is 0.172. The summed E-state index contributed by atoms with van der Waals surface area (Å²) >= 11 is 0. The summed E-state index contributed by atoms with van der Waals surface area (Å²) in [6.45, 7) is 3.17. The summed E-state index contributed by atoms with van der Waals surface area (Å²) in [5, 5.41) is 8.93. The van der Waals surface area contributed by atoms with E-state index in [4.69, 9.17) is 9.84 Å². The third-order valence-electron chi connectivity index (χ3n) is 4.50. The Labute approximate surface area is 158 Å². The first-order chi connectivity index (χ1) is 13.1. The number of anilines is 1. The molecular weight excluding hydrogens is 346 g/mol. The number of pyridine rings is 1. The predicted octanol–water partition coefficient (Wildman–Crippen LogP) is 2.29. The maximum absolute atomic E-state index is 12.3. The molecule has 7 nitrogen and oxygen atoms in total. The number of para-hydroxylation sites is 1. The highest BCUT2D eigenvalue weighted by atomic mass is 16.5. The number of carboxylic acids is 1. The van der Waals surface area contributed by atoms with Gasteiger partial charge in [0.05, 0.1) is 12.2 Å². The fourth-order valence-electron chi connectivity index (χ4n) is 2.97. The van der Waals surface area contributed by atoms with Crippen LogP contribution in [-0.4, -0.2) is 59.7 Å². The van der Waals surface area contributed by atoms with Gasteiger partial charge in [-0.05, 0) is 30.7 Å². The molecule has 2 aromatic rings. The van der Waals surface area contributed by atoms with Gasteiger partial charge in [0.25, 0.3) is 0 Å². The second-order valence-electron chi connectivity index (χ2n) is 6.34. The first-order valence-corrected chi connectivity index (χ1v) is 9.03. The van der Waals surface area contributed by atoms with E-state index in [0.717, 1.165) is 11.6 Å². The molecule has 3 rings (SSSR count). The lowest BCUT2D eigenvalue weighted by Crippen LogP contribution is -2.49. The molecule has 0 aliphatic carbocycles. The van der Waals surface area contributed by atoms with Gasteiger partial charge < -0.3 is 19.6 Å². The first-order valence-electron chi connectivity index (χ1n) is 9.03. The average molecular weight is 369 g/mol. The van der Waals surface area contributed by atoms with Crippen LogP contribution in [0.25, 0.3) is 0 Å². The van der Waals surface area contributed by atoms with Crippen LogP contribution < -0.4 is 9.64 Å². The van der Waals surface area contributed by atoms with Crippen LogP contribution in [0.2, 0.25) is 0 Å². The van der Waals surface area contributed by atoms with E-state index in [1.165, 1.54) is 6.20 Å². The highest BCUT2D eigenvalue weighted by Gasteiger charge is 2.21. The lowest BCUT2D eigenvalue weighted by atomic mass is 10.2. The summed E-state index contributed by atoms with van der Waals surface area (Å²) in [6.07, 6.45) is 2.52. The third-order valence-corrected chi connectivity index (χ3v) is 4.50. The van der Waals surface area contributed by atoms with Crippen molar-refractivity contribution in [2.75, 3.05) is 37.7 Å². The van der Waals surface area contributed by atoms with Gasteiger partial charge in [0, 0.05) is 38.8 Å². The molecule has 1 fully saturated rings. The van der Waals surface area contributed by atoms with Crippen LogP contribution in [0.3, 0.4) is 0 Å². The van der Waals surface area contributed by atoms with Crippen LogP contribution in [-0.2, 0) is 4.79 Å². The van der Waals surface area contributed by atoms with Gasteiger partial charge in [0.1, 0.15) is 11.6 Å². The van der Waals surface area contributed by atoms with Crippen molar-refractivity contribution in [3.63, 3.8) is 0 Å². The summed E-state index contributed by atoms with van der Waals surface area (Å²) < 4.78 is 5.62. The highest BCUT2D eigenvalue weighted by molar-refractivity contribution is 5.87. The van der Waals surface area contributed by atoms with Gasteiger partial charge in [0.2, 0.25) is 5.91 Å². The number of benzene rings is 1. The van der Waals surface area contributed by atoms with E-state index >= 15 is 0 Å². The molecule has 1 aliphatic rings. The molecule has 0 saturated carbocycles. The largest absolute Gasteiger partial charge is 0.494 e. The van der Waals surface area contributed by atoms with Crippen molar-refractivity contribution in [3.8, 4) is 5.75 Å². The van der Waals surface area contributed by atoms with Gasteiger partial charge in [0.15, 0.2) is 0 Å². The molecule has 0 radical (unpaired) electrons. The monoisotopic (exact) mass is 369 g/mol. The molecule has 7 heteroatoms. The molecule has 1 aromatic heterocycles. The molecule has 1 aliphatic heterocycles. The number of rotatable bonds is 7. The molecule has 27 heavy (non-hydrogen) atoms. The van der Waals surface area contributed by atoms with Gasteiger partial charge in [-0.15, -0.1) is 0 Å². The Morgan fingerprint density at radius 1 is 1.04 bits per heavy atom. The van der Waals surface area contributed by atoms with Crippen molar-refractivity contribution in [3.05, 3.63) is 54.2 Å². The molecule has 0 atom stereocenters. The Hall–Kier alpha value is -3.09. The third kappa shape index (κ3) is 5.20. The normalized spacial score (nSPS) is 14.1. The zero-order valence-corrected chi connectivity index (χ0v) is 15.1. The first kappa shape index (κ1) is 18.7. The Balaban J connectivity index is 1.39. The maximum Gasteiger partial charge on any atom is 0.337 e. The SMILES string of the molecule is O=C(O)c1ccc(N2CCN(C(=O)CCCOc3ccccc3)CC2)nc1. The number of hydrogen-bond donors (Lipinski definition) is 1. The predicted molar refractivity (Wildman–Crippen MR) is 101 cm³/mol. The van der Waals surface area contributed by atoms with E-state index in [-0.39, 0.29) is 11.5 Å². The number of aromatic carboxylic acids is 1. The van der Waals surface area contributed by atoms with Crippen LogP contribution >= 0.6 is 0 Å². The number of carbonyl (C=O) groups is 2. The fourth-order valence-corrected chi connectivity index (χ4v) is 2.97. The number of amides is 1. The van der Waals surface area contributed by atoms with E-state index in [2.05, 4.69) is 9.88 Å². The van der Waals surface area contributed by atoms with E-state index in [9.17, 15) is 9.59 Å². The van der Waals surface area contributed by atoms with Crippen LogP contribution in [0.5, 0.6) is 5.75 Å². The number of aromatic nitrogens is 1. The molecule has 142 valence electrons. The van der Waals surface area contributed by atoms with Crippen LogP contribution in [0.4, 0.5) is 5.82 Å². The van der Waals surface area contributed by atoms with Crippen molar-refractivity contribution in [1.29, 1.82) is 0 Å². The second kappa shape index (κ2) is 9.02. The molecule has 1 N–H and O–H groups in total. The van der Waals surface area contributed by atoms with E-state index in [1.807, 2.05) is 35.2 Å². The van der Waals surface area contributed by atoms with Gasteiger partial charge in [-0.25, -0.2) is 9.78 Å². The number of piperazine rings is 1. The smallest absolute Gasteiger partial charge is 0.337 e. The molecule has 0 bridgehead atoms. The Morgan fingerprint density at radius 3 is 2.41 bits per heavy atom. The average Bonchev–Trinajstić information content (AvgIpc) is 2.72. The standard InChI is InChI=1S/C20H23N3O4/c24-19(7-4-14-27-17-5-2-1-3-6-17)23-12-10-22(11-13-23)18-9-8-16(15-21-18)20(25)26/h1-3,5-6,8-9,15H,4,7,10-14H2,(H,25,26). The fraction of sp³-hybridized carbons (Fsp3) is 0.350. The van der Waals surface area contributed by atoms with E-state index in [1.54, 1.807) is 12.1 Å². The maximum atomic E-state index is 12.3. The Morgan fingerprint density at radius 2 is 1.78 bits per heavy atom. The molecule has 1 saturated heterocycles. The molecule has 0 unspecified atom stereocenters. The van der Waals surface area contributed by atoms with Crippen molar-refractivity contribution in [1.82, 2.24) is 9.88 Å². The number of hydrogen-bond acceptors (Lipinski definition) is 5. The molecule has 0 spiro atoms. The Bertz CT molecular complexity index is 757. The minimum atomic E-state index is -0.985. The van der Waals surface area contributed by atoms with E-state index in [0.29, 0.717) is 45.6 Å². The molecule has 1 aromatic carbocycles. The van der Waals surface area contributed by atoms with Gasteiger partial charge >= 0.3 is 5.97 Å².